The average molecular weight is 473 g/mol. The topological polar surface area (TPSA) is 63.6 Å². The van der Waals surface area contributed by atoms with Crippen LogP contribution in [0.2, 0.25) is 0 Å². The van der Waals surface area contributed by atoms with Gasteiger partial charge in [0.05, 0.1) is 12.8 Å². The second-order valence-corrected chi connectivity index (χ2v) is 10.4. The third kappa shape index (κ3) is 4.53. The van der Waals surface area contributed by atoms with Crippen molar-refractivity contribution in [3.63, 3.8) is 0 Å². The molecular weight excluding hydrogens is 451 g/mol. The molecule has 1 atom stereocenters. The normalized spacial score (nSPS) is 13.5. The molecule has 29 heavy (non-hydrogen) atoms. The molecule has 0 heterocycles. The number of benzene rings is 3. The number of ether oxygens (including phenoxy) is 1. The molecule has 3 aromatic carbocycles. The Morgan fingerprint density at radius 3 is 1.86 bits per heavy atom. The molecule has 0 saturated carbocycles. The van der Waals surface area contributed by atoms with E-state index in [1.54, 1.807) is 79.7 Å². The number of carbonyl (C=O) groups is 1. The minimum Gasteiger partial charge on any atom is -0.464 e. The quantitative estimate of drug-likeness (QED) is 0.413. The highest BCUT2D eigenvalue weighted by Crippen LogP contribution is 2.49. The van der Waals surface area contributed by atoms with Crippen LogP contribution in [0.1, 0.15) is 12.5 Å². The van der Waals surface area contributed by atoms with Gasteiger partial charge in [0, 0.05) is 15.1 Å². The maximum absolute atomic E-state index is 14.4. The predicted octanol–water partition coefficient (Wildman–Crippen LogP) is 4.21. The van der Waals surface area contributed by atoms with E-state index in [0.717, 1.165) is 4.47 Å². The van der Waals surface area contributed by atoms with E-state index in [0.29, 0.717) is 16.2 Å². The van der Waals surface area contributed by atoms with Crippen molar-refractivity contribution in [2.24, 2.45) is 0 Å². The first-order valence-electron chi connectivity index (χ1n) is 9.26. The Balaban J connectivity index is 2.17. The average Bonchev–Trinajstić information content (AvgIpc) is 2.75. The van der Waals surface area contributed by atoms with Crippen LogP contribution in [-0.4, -0.2) is 23.8 Å². The molecule has 0 amide bonds. The Labute approximate surface area is 179 Å². The Kier molecular flexibility index (Phi) is 6.74. The Morgan fingerprint density at radius 2 is 1.41 bits per heavy atom. The Hall–Kier alpha value is -2.20. The van der Waals surface area contributed by atoms with Gasteiger partial charge in [-0.15, -0.1) is 0 Å². The summed E-state index contributed by atoms with van der Waals surface area (Å²) in [5.41, 5.74) is -1.72. The Morgan fingerprint density at radius 1 is 0.931 bits per heavy atom. The molecule has 0 spiro atoms. The van der Waals surface area contributed by atoms with Crippen LogP contribution in [0.15, 0.2) is 89.4 Å². The number of halogens is 1. The maximum atomic E-state index is 14.4. The van der Waals surface area contributed by atoms with Crippen LogP contribution in [0.4, 0.5) is 0 Å². The summed E-state index contributed by atoms with van der Waals surface area (Å²) in [6, 6.07) is 24.7. The summed E-state index contributed by atoms with van der Waals surface area (Å²) in [5.74, 6) is -0.811. The number of hydrogen-bond donors (Lipinski definition) is 1. The van der Waals surface area contributed by atoms with Gasteiger partial charge in [0.1, 0.15) is 7.14 Å². The zero-order valence-corrected chi connectivity index (χ0v) is 18.5. The molecule has 0 aromatic heterocycles. The molecule has 4 nitrogen and oxygen atoms in total. The SMILES string of the molecule is CCOC(=O)C(O)(CP(=O)(c1ccccc1)c1ccccc1)c1ccc(Br)cc1. The number of rotatable bonds is 7. The first kappa shape index (κ1) is 21.5. The highest BCUT2D eigenvalue weighted by molar-refractivity contribution is 9.10. The summed E-state index contributed by atoms with van der Waals surface area (Å²) in [6.45, 7) is 1.78. The lowest BCUT2D eigenvalue weighted by atomic mass is 9.96. The summed E-state index contributed by atoms with van der Waals surface area (Å²) in [5, 5.41) is 12.7. The van der Waals surface area contributed by atoms with Crippen LogP contribution in [0.25, 0.3) is 0 Å². The van der Waals surface area contributed by atoms with E-state index in [1.807, 2.05) is 12.1 Å². The summed E-state index contributed by atoms with van der Waals surface area (Å²) in [4.78, 5) is 12.9. The van der Waals surface area contributed by atoms with Gasteiger partial charge in [-0.3, -0.25) is 0 Å². The third-order valence-corrected chi connectivity index (χ3v) is 8.43. The molecule has 3 aromatic rings. The minimum atomic E-state index is -3.36. The smallest absolute Gasteiger partial charge is 0.343 e. The molecule has 150 valence electrons. The van der Waals surface area contributed by atoms with Gasteiger partial charge in [-0.1, -0.05) is 88.7 Å². The lowest BCUT2D eigenvalue weighted by molar-refractivity contribution is -0.163. The fraction of sp³-hybridized carbons (Fsp3) is 0.174. The summed E-state index contributed by atoms with van der Waals surface area (Å²) in [6.07, 6.45) is -0.297. The first-order valence-corrected chi connectivity index (χ1v) is 11.9. The second-order valence-electron chi connectivity index (χ2n) is 6.66. The van der Waals surface area contributed by atoms with Gasteiger partial charge in [-0.25, -0.2) is 4.79 Å². The molecule has 3 rings (SSSR count). The van der Waals surface area contributed by atoms with E-state index >= 15 is 0 Å². The van der Waals surface area contributed by atoms with Crippen LogP contribution in [0.3, 0.4) is 0 Å². The van der Waals surface area contributed by atoms with E-state index in [-0.39, 0.29) is 12.8 Å². The molecule has 6 heteroatoms. The summed E-state index contributed by atoms with van der Waals surface area (Å²) >= 11 is 3.36. The summed E-state index contributed by atoms with van der Waals surface area (Å²) in [7, 11) is -3.36. The predicted molar refractivity (Wildman–Crippen MR) is 119 cm³/mol. The van der Waals surface area contributed by atoms with Crippen molar-refractivity contribution in [1.29, 1.82) is 0 Å². The highest BCUT2D eigenvalue weighted by Gasteiger charge is 2.47. The van der Waals surface area contributed by atoms with Crippen LogP contribution in [-0.2, 0) is 19.7 Å². The molecule has 0 aliphatic heterocycles. The van der Waals surface area contributed by atoms with Crippen molar-refractivity contribution in [1.82, 2.24) is 0 Å². The van der Waals surface area contributed by atoms with Gasteiger partial charge < -0.3 is 14.4 Å². The standard InChI is InChI=1S/C23H22BrO4P/c1-2-28-22(25)23(26,18-13-15-19(24)16-14-18)17-29(27,20-9-5-3-6-10-20)21-11-7-4-8-12-21/h3-16,26H,2,17H2,1H3. The second kappa shape index (κ2) is 9.08. The lowest BCUT2D eigenvalue weighted by Gasteiger charge is -2.31. The van der Waals surface area contributed by atoms with Gasteiger partial charge in [0.25, 0.3) is 0 Å². The van der Waals surface area contributed by atoms with E-state index in [9.17, 15) is 14.5 Å². The van der Waals surface area contributed by atoms with Crippen molar-refractivity contribution in [3.05, 3.63) is 95.0 Å². The van der Waals surface area contributed by atoms with E-state index < -0.39 is 18.7 Å². The molecule has 1 N–H and O–H groups in total. The fourth-order valence-corrected chi connectivity index (χ4v) is 6.43. The van der Waals surface area contributed by atoms with Crippen molar-refractivity contribution in [2.45, 2.75) is 12.5 Å². The van der Waals surface area contributed by atoms with E-state index in [1.165, 1.54) is 0 Å². The van der Waals surface area contributed by atoms with Crippen molar-refractivity contribution >= 4 is 39.7 Å². The van der Waals surface area contributed by atoms with Gasteiger partial charge in [-0.05, 0) is 24.6 Å². The van der Waals surface area contributed by atoms with Crippen LogP contribution in [0.5, 0.6) is 0 Å². The third-order valence-electron chi connectivity index (χ3n) is 4.73. The van der Waals surface area contributed by atoms with Gasteiger partial charge in [0.2, 0.25) is 0 Å². The molecule has 0 saturated heterocycles. The Bertz CT molecular complexity index is 963. The largest absolute Gasteiger partial charge is 0.464 e. The zero-order chi connectivity index (χ0) is 20.9. The molecule has 0 aliphatic rings. The van der Waals surface area contributed by atoms with Crippen LogP contribution in [0, 0.1) is 0 Å². The first-order chi connectivity index (χ1) is 13.9. The van der Waals surface area contributed by atoms with Crippen molar-refractivity contribution in [2.75, 3.05) is 12.8 Å². The van der Waals surface area contributed by atoms with E-state index in [2.05, 4.69) is 15.9 Å². The maximum Gasteiger partial charge on any atom is 0.343 e. The fourth-order valence-electron chi connectivity index (χ4n) is 3.24. The molecule has 0 radical (unpaired) electrons. The number of esters is 1. The number of carbonyl (C=O) groups excluding carboxylic acids is 1. The molecule has 0 bridgehead atoms. The van der Waals surface area contributed by atoms with Gasteiger partial charge >= 0.3 is 5.97 Å². The molecule has 0 fully saturated rings. The molecular formula is C23H22BrO4P. The number of hydrogen-bond acceptors (Lipinski definition) is 4. The van der Waals surface area contributed by atoms with Crippen molar-refractivity contribution < 1.29 is 19.2 Å². The van der Waals surface area contributed by atoms with Crippen LogP contribution >= 0.6 is 23.1 Å². The van der Waals surface area contributed by atoms with Crippen LogP contribution < -0.4 is 10.6 Å². The number of aliphatic hydroxyl groups is 1. The molecule has 0 aliphatic carbocycles. The zero-order valence-electron chi connectivity index (χ0n) is 16.0. The van der Waals surface area contributed by atoms with Gasteiger partial charge in [-0.2, -0.15) is 0 Å². The minimum absolute atomic E-state index is 0.110. The van der Waals surface area contributed by atoms with Crippen molar-refractivity contribution in [3.8, 4) is 0 Å². The monoisotopic (exact) mass is 472 g/mol. The van der Waals surface area contributed by atoms with E-state index in [4.69, 9.17) is 4.74 Å². The molecule has 1 unspecified atom stereocenters. The summed E-state index contributed by atoms with van der Waals surface area (Å²) < 4.78 is 20.4. The van der Waals surface area contributed by atoms with Gasteiger partial charge in [0.15, 0.2) is 5.60 Å². The highest BCUT2D eigenvalue weighted by atomic mass is 79.9. The lowest BCUT2D eigenvalue weighted by Crippen LogP contribution is -2.43.